The Bertz CT molecular complexity index is 912. The van der Waals surface area contributed by atoms with Crippen LogP contribution in [0.15, 0.2) is 30.3 Å². The van der Waals surface area contributed by atoms with Crippen LogP contribution in [0.5, 0.6) is 0 Å². The van der Waals surface area contributed by atoms with Crippen LogP contribution in [0.3, 0.4) is 0 Å². The van der Waals surface area contributed by atoms with Gasteiger partial charge in [-0.05, 0) is 45.5 Å². The van der Waals surface area contributed by atoms with E-state index in [-0.39, 0.29) is 12.8 Å². The Balaban J connectivity index is 3.10. The van der Waals surface area contributed by atoms with Crippen molar-refractivity contribution in [1.29, 1.82) is 0 Å². The third-order valence-electron chi connectivity index (χ3n) is 5.50. The summed E-state index contributed by atoms with van der Waals surface area (Å²) in [5.74, 6) is -3.90. The zero-order valence-electron chi connectivity index (χ0n) is 21.3. The highest BCUT2D eigenvalue weighted by atomic mass is 16.3. The van der Waals surface area contributed by atoms with Gasteiger partial charge in [0.2, 0.25) is 29.5 Å². The number of aliphatic hydroxyl groups is 1. The van der Waals surface area contributed by atoms with Gasteiger partial charge in [-0.2, -0.15) is 0 Å². The lowest BCUT2D eigenvalue weighted by Crippen LogP contribution is -2.58. The van der Waals surface area contributed by atoms with Gasteiger partial charge in [0, 0.05) is 6.42 Å². The second-order valence-corrected chi connectivity index (χ2v) is 9.03. The van der Waals surface area contributed by atoms with Gasteiger partial charge in [-0.3, -0.25) is 24.0 Å². The zero-order valence-corrected chi connectivity index (χ0v) is 21.3. The molecule has 0 aromatic heterocycles. The van der Waals surface area contributed by atoms with Crippen LogP contribution in [0.2, 0.25) is 0 Å². The fraction of sp³-hybridized carbons (Fsp3) is 0.542. The summed E-state index contributed by atoms with van der Waals surface area (Å²) in [5, 5.41) is 16.7. The molecule has 0 aliphatic carbocycles. The highest BCUT2D eigenvalue weighted by molar-refractivity contribution is 5.95. The molecule has 0 radical (unpaired) electrons. The predicted octanol–water partition coefficient (Wildman–Crippen LogP) is -2.90. The van der Waals surface area contributed by atoms with Gasteiger partial charge in [0.25, 0.3) is 0 Å². The van der Waals surface area contributed by atoms with Gasteiger partial charge in [0.05, 0.1) is 13.0 Å². The van der Waals surface area contributed by atoms with Crippen LogP contribution in [0, 0.1) is 0 Å². The number of nitrogens with two attached hydrogens (primary N) is 3. The summed E-state index contributed by atoms with van der Waals surface area (Å²) in [7, 11) is 3.81. The molecule has 0 aliphatic rings. The number of benzene rings is 1. The van der Waals surface area contributed by atoms with Crippen molar-refractivity contribution in [3.8, 4) is 0 Å². The summed E-state index contributed by atoms with van der Waals surface area (Å²) in [5.41, 5.74) is 16.8. The van der Waals surface area contributed by atoms with E-state index in [1.807, 2.05) is 19.0 Å². The number of carbonyl (C=O) groups is 5. The van der Waals surface area contributed by atoms with E-state index in [2.05, 4.69) is 16.0 Å². The average Bonchev–Trinajstić information content (AvgIpc) is 2.84. The lowest BCUT2D eigenvalue weighted by molar-refractivity contribution is -0.134. The second-order valence-electron chi connectivity index (χ2n) is 9.03. The summed E-state index contributed by atoms with van der Waals surface area (Å²) >= 11 is 0. The van der Waals surface area contributed by atoms with E-state index in [4.69, 9.17) is 17.2 Å². The van der Waals surface area contributed by atoms with Gasteiger partial charge in [-0.25, -0.2) is 0 Å². The predicted molar refractivity (Wildman–Crippen MR) is 136 cm³/mol. The number of hydrogen-bond acceptors (Lipinski definition) is 8. The van der Waals surface area contributed by atoms with Crippen molar-refractivity contribution in [3.05, 3.63) is 35.9 Å². The standard InChI is InChI=1S/C24H39N7O6/c1-31(2)11-7-6-10-17(23(36)29-18(21(27)34)13-20(26)33)28-24(37)19(30-22(35)16(25)14-32)12-15-8-4-3-5-9-15/h3-5,8-9,16-19,32H,6-7,10-14,25H2,1-2H3,(H2,26,33)(H2,27,34)(H,28,37)(H,29,36)(H,30,35)/t16-,17-,18-,19-/m0/s1. The number of rotatable bonds is 17. The van der Waals surface area contributed by atoms with E-state index in [9.17, 15) is 29.1 Å². The molecular weight excluding hydrogens is 482 g/mol. The third kappa shape index (κ3) is 12.3. The van der Waals surface area contributed by atoms with Crippen LogP contribution in [0.25, 0.3) is 0 Å². The number of nitrogens with zero attached hydrogens (tertiary/aromatic N) is 1. The maximum Gasteiger partial charge on any atom is 0.243 e. The van der Waals surface area contributed by atoms with E-state index in [1.165, 1.54) is 0 Å². The first-order chi connectivity index (χ1) is 17.4. The van der Waals surface area contributed by atoms with Crippen molar-refractivity contribution in [2.45, 2.75) is 56.3 Å². The largest absolute Gasteiger partial charge is 0.394 e. The van der Waals surface area contributed by atoms with Crippen LogP contribution in [-0.4, -0.2) is 91.0 Å². The monoisotopic (exact) mass is 521 g/mol. The lowest BCUT2D eigenvalue weighted by Gasteiger charge is -2.25. The van der Waals surface area contributed by atoms with E-state index in [0.29, 0.717) is 6.42 Å². The fourth-order valence-corrected chi connectivity index (χ4v) is 3.43. The van der Waals surface area contributed by atoms with Crippen molar-refractivity contribution in [3.63, 3.8) is 0 Å². The Hall–Kier alpha value is -3.55. The molecule has 206 valence electrons. The van der Waals surface area contributed by atoms with Crippen molar-refractivity contribution < 1.29 is 29.1 Å². The van der Waals surface area contributed by atoms with E-state index >= 15 is 0 Å². The summed E-state index contributed by atoms with van der Waals surface area (Å²) in [4.78, 5) is 63.6. The molecule has 37 heavy (non-hydrogen) atoms. The molecular formula is C24H39N7O6. The number of unbranched alkanes of at least 4 members (excludes halogenated alkanes) is 1. The topological polar surface area (TPSA) is 223 Å². The first-order valence-electron chi connectivity index (χ1n) is 12.0. The minimum Gasteiger partial charge on any atom is -0.394 e. The maximum absolute atomic E-state index is 13.3. The van der Waals surface area contributed by atoms with Crippen LogP contribution in [-0.2, 0) is 30.4 Å². The summed E-state index contributed by atoms with van der Waals surface area (Å²) in [6.45, 7) is 0.135. The first kappa shape index (κ1) is 31.5. The average molecular weight is 522 g/mol. The number of nitrogens with one attached hydrogen (secondary N) is 3. The van der Waals surface area contributed by atoms with Crippen LogP contribution >= 0.6 is 0 Å². The van der Waals surface area contributed by atoms with Gasteiger partial charge < -0.3 is 43.2 Å². The van der Waals surface area contributed by atoms with Gasteiger partial charge in [0.1, 0.15) is 24.2 Å². The van der Waals surface area contributed by atoms with E-state index in [1.54, 1.807) is 30.3 Å². The molecule has 1 aromatic carbocycles. The Kier molecular flexibility index (Phi) is 13.8. The molecule has 5 amide bonds. The number of amides is 5. The van der Waals surface area contributed by atoms with Gasteiger partial charge in [-0.15, -0.1) is 0 Å². The first-order valence-corrected chi connectivity index (χ1v) is 12.0. The molecule has 0 bridgehead atoms. The molecule has 13 nitrogen and oxygen atoms in total. The van der Waals surface area contributed by atoms with Crippen LogP contribution < -0.4 is 33.2 Å². The SMILES string of the molecule is CN(C)CCCC[C@H](NC(=O)[C@H](Cc1ccccc1)NC(=O)[C@@H](N)CO)C(=O)N[C@@H](CC(N)=O)C(N)=O. The maximum atomic E-state index is 13.3. The van der Waals surface area contributed by atoms with Gasteiger partial charge >= 0.3 is 0 Å². The molecule has 0 saturated heterocycles. The molecule has 0 saturated carbocycles. The molecule has 0 fully saturated rings. The van der Waals surface area contributed by atoms with Crippen molar-refractivity contribution in [2.75, 3.05) is 27.2 Å². The van der Waals surface area contributed by atoms with Crippen LogP contribution in [0.4, 0.5) is 0 Å². The molecule has 0 spiro atoms. The van der Waals surface area contributed by atoms with Crippen molar-refractivity contribution in [2.24, 2.45) is 17.2 Å². The molecule has 10 N–H and O–H groups in total. The van der Waals surface area contributed by atoms with Crippen molar-refractivity contribution in [1.82, 2.24) is 20.9 Å². The van der Waals surface area contributed by atoms with Gasteiger partial charge in [0.15, 0.2) is 0 Å². The summed E-state index contributed by atoms with van der Waals surface area (Å²) in [6.07, 6.45) is 1.10. The second kappa shape index (κ2) is 16.2. The normalized spacial score (nSPS) is 14.2. The highest BCUT2D eigenvalue weighted by Gasteiger charge is 2.30. The molecule has 4 atom stereocenters. The lowest BCUT2D eigenvalue weighted by atomic mass is 10.0. The molecule has 1 aromatic rings. The van der Waals surface area contributed by atoms with Crippen molar-refractivity contribution >= 4 is 29.5 Å². The van der Waals surface area contributed by atoms with Crippen LogP contribution in [0.1, 0.15) is 31.2 Å². The fourth-order valence-electron chi connectivity index (χ4n) is 3.43. The molecule has 0 unspecified atom stereocenters. The minimum absolute atomic E-state index is 0.0944. The highest BCUT2D eigenvalue weighted by Crippen LogP contribution is 2.08. The third-order valence-corrected chi connectivity index (χ3v) is 5.50. The summed E-state index contributed by atoms with van der Waals surface area (Å²) < 4.78 is 0. The molecule has 13 heteroatoms. The Morgan fingerprint density at radius 1 is 0.865 bits per heavy atom. The van der Waals surface area contributed by atoms with E-state index < -0.39 is 66.7 Å². The molecule has 0 aliphatic heterocycles. The number of primary amides is 2. The Morgan fingerprint density at radius 2 is 1.43 bits per heavy atom. The molecule has 0 heterocycles. The zero-order chi connectivity index (χ0) is 28.0. The Morgan fingerprint density at radius 3 is 1.97 bits per heavy atom. The quantitative estimate of drug-likeness (QED) is 0.105. The number of carbonyl (C=O) groups excluding carboxylic acids is 5. The minimum atomic E-state index is -1.34. The number of aliphatic hydroxyl groups excluding tert-OH is 1. The smallest absolute Gasteiger partial charge is 0.243 e. The van der Waals surface area contributed by atoms with E-state index in [0.717, 1.165) is 18.5 Å². The van der Waals surface area contributed by atoms with Gasteiger partial charge in [-0.1, -0.05) is 30.3 Å². The summed E-state index contributed by atoms with van der Waals surface area (Å²) in [6, 6.07) is 4.11. The number of hydrogen-bond donors (Lipinski definition) is 7. The molecule has 1 rings (SSSR count). The Labute approximate surface area is 216 Å².